The van der Waals surface area contributed by atoms with Crippen LogP contribution in [0.5, 0.6) is 0 Å². The van der Waals surface area contributed by atoms with E-state index in [-0.39, 0.29) is 0 Å². The van der Waals surface area contributed by atoms with Crippen LogP contribution in [-0.2, 0) is 0 Å². The van der Waals surface area contributed by atoms with Crippen LogP contribution in [0, 0.1) is 5.92 Å². The van der Waals surface area contributed by atoms with E-state index in [0.717, 1.165) is 23.9 Å². The second kappa shape index (κ2) is 5.44. The lowest BCUT2D eigenvalue weighted by atomic mass is 9.81. The van der Waals surface area contributed by atoms with E-state index in [1.54, 1.807) is 5.56 Å². The Labute approximate surface area is 111 Å². The predicted molar refractivity (Wildman–Crippen MR) is 76.8 cm³/mol. The Kier molecular flexibility index (Phi) is 3.69. The Morgan fingerprint density at radius 3 is 2.22 bits per heavy atom. The molecule has 2 fully saturated rings. The van der Waals surface area contributed by atoms with Crippen LogP contribution in [0.3, 0.4) is 0 Å². The van der Waals surface area contributed by atoms with Gasteiger partial charge in [0.15, 0.2) is 0 Å². The van der Waals surface area contributed by atoms with Crippen molar-refractivity contribution in [3.8, 4) is 0 Å². The number of benzene rings is 1. The van der Waals surface area contributed by atoms with E-state index in [1.165, 1.54) is 38.5 Å². The second-order valence-corrected chi connectivity index (χ2v) is 6.25. The predicted octanol–water partition coefficient (Wildman–Crippen LogP) is 4.10. The SMILES string of the molecule is CC(NC1CCC(c2ccccc2)CC1)C1CC1. The van der Waals surface area contributed by atoms with Crippen LogP contribution in [0.1, 0.15) is 56.9 Å². The van der Waals surface area contributed by atoms with E-state index in [1.807, 2.05) is 0 Å². The molecule has 2 aliphatic carbocycles. The summed E-state index contributed by atoms with van der Waals surface area (Å²) in [6.07, 6.45) is 8.34. The van der Waals surface area contributed by atoms with Crippen molar-refractivity contribution >= 4 is 0 Å². The van der Waals surface area contributed by atoms with Crippen molar-refractivity contribution < 1.29 is 0 Å². The maximum absolute atomic E-state index is 3.85. The van der Waals surface area contributed by atoms with Crippen molar-refractivity contribution in [2.24, 2.45) is 5.92 Å². The van der Waals surface area contributed by atoms with Crippen molar-refractivity contribution in [1.82, 2.24) is 5.32 Å². The summed E-state index contributed by atoms with van der Waals surface area (Å²) in [6.45, 7) is 2.38. The molecule has 1 heteroatoms. The maximum Gasteiger partial charge on any atom is 0.00700 e. The molecule has 0 aromatic heterocycles. The molecule has 0 radical (unpaired) electrons. The molecule has 0 bridgehead atoms. The lowest BCUT2D eigenvalue weighted by molar-refractivity contribution is 0.309. The average molecular weight is 243 g/mol. The summed E-state index contributed by atoms with van der Waals surface area (Å²) in [6, 6.07) is 12.6. The molecular weight excluding hydrogens is 218 g/mol. The van der Waals surface area contributed by atoms with Crippen LogP contribution in [0.4, 0.5) is 0 Å². The summed E-state index contributed by atoms with van der Waals surface area (Å²) in [4.78, 5) is 0. The fourth-order valence-corrected chi connectivity index (χ4v) is 3.42. The molecule has 0 aliphatic heterocycles. The molecule has 1 atom stereocenters. The molecule has 0 saturated heterocycles. The normalized spacial score (nSPS) is 30.1. The van der Waals surface area contributed by atoms with Crippen LogP contribution in [0.2, 0.25) is 0 Å². The first kappa shape index (κ1) is 12.2. The molecule has 1 unspecified atom stereocenters. The summed E-state index contributed by atoms with van der Waals surface area (Å²) < 4.78 is 0. The number of rotatable bonds is 4. The fraction of sp³-hybridized carbons (Fsp3) is 0.647. The molecule has 1 nitrogen and oxygen atoms in total. The molecule has 1 aromatic rings. The van der Waals surface area contributed by atoms with Crippen molar-refractivity contribution in [3.05, 3.63) is 35.9 Å². The second-order valence-electron chi connectivity index (χ2n) is 6.25. The van der Waals surface area contributed by atoms with Gasteiger partial charge in [-0.15, -0.1) is 0 Å². The number of hydrogen-bond donors (Lipinski definition) is 1. The van der Waals surface area contributed by atoms with Gasteiger partial charge in [-0.1, -0.05) is 30.3 Å². The third-order valence-corrected chi connectivity index (χ3v) is 4.83. The van der Waals surface area contributed by atoms with Gasteiger partial charge < -0.3 is 5.32 Å². The topological polar surface area (TPSA) is 12.0 Å². The van der Waals surface area contributed by atoms with Gasteiger partial charge in [0.25, 0.3) is 0 Å². The van der Waals surface area contributed by atoms with Crippen LogP contribution in [0.15, 0.2) is 30.3 Å². The van der Waals surface area contributed by atoms with E-state index >= 15 is 0 Å². The van der Waals surface area contributed by atoms with Crippen molar-refractivity contribution in [1.29, 1.82) is 0 Å². The van der Waals surface area contributed by atoms with Gasteiger partial charge in [0.05, 0.1) is 0 Å². The molecule has 3 rings (SSSR count). The van der Waals surface area contributed by atoms with Gasteiger partial charge in [-0.2, -0.15) is 0 Å². The third-order valence-electron chi connectivity index (χ3n) is 4.83. The van der Waals surface area contributed by atoms with Crippen LogP contribution >= 0.6 is 0 Å². The van der Waals surface area contributed by atoms with E-state index in [2.05, 4.69) is 42.6 Å². The van der Waals surface area contributed by atoms with Gasteiger partial charge in [0, 0.05) is 12.1 Å². The quantitative estimate of drug-likeness (QED) is 0.839. The smallest absolute Gasteiger partial charge is 0.00700 e. The van der Waals surface area contributed by atoms with Crippen LogP contribution < -0.4 is 5.32 Å². The van der Waals surface area contributed by atoms with Gasteiger partial charge in [0.1, 0.15) is 0 Å². The highest BCUT2D eigenvalue weighted by atomic mass is 15.0. The first-order valence-electron chi connectivity index (χ1n) is 7.64. The zero-order valence-corrected chi connectivity index (χ0v) is 11.4. The molecular formula is C17H25N. The molecule has 1 aromatic carbocycles. The third kappa shape index (κ3) is 2.95. The number of hydrogen-bond acceptors (Lipinski definition) is 1. The fourth-order valence-electron chi connectivity index (χ4n) is 3.42. The minimum atomic E-state index is 0.753. The molecule has 2 saturated carbocycles. The maximum atomic E-state index is 3.85. The first-order valence-corrected chi connectivity index (χ1v) is 7.64. The molecule has 0 heterocycles. The van der Waals surface area contributed by atoms with Gasteiger partial charge in [-0.3, -0.25) is 0 Å². The van der Waals surface area contributed by atoms with E-state index in [0.29, 0.717) is 0 Å². The van der Waals surface area contributed by atoms with Gasteiger partial charge >= 0.3 is 0 Å². The van der Waals surface area contributed by atoms with Gasteiger partial charge in [0.2, 0.25) is 0 Å². The summed E-state index contributed by atoms with van der Waals surface area (Å²) in [5.74, 6) is 1.79. The minimum Gasteiger partial charge on any atom is -0.311 e. The van der Waals surface area contributed by atoms with Crippen molar-refractivity contribution in [2.45, 2.75) is 63.5 Å². The Balaban J connectivity index is 1.48. The lowest BCUT2D eigenvalue weighted by Gasteiger charge is -2.31. The standard InChI is InChI=1S/C17H25N/c1-13(14-7-8-14)18-17-11-9-16(10-12-17)15-5-3-2-4-6-15/h2-6,13-14,16-18H,7-12H2,1H3. The lowest BCUT2D eigenvalue weighted by Crippen LogP contribution is -2.39. The van der Waals surface area contributed by atoms with Crippen LogP contribution in [-0.4, -0.2) is 12.1 Å². The van der Waals surface area contributed by atoms with E-state index < -0.39 is 0 Å². The van der Waals surface area contributed by atoms with Gasteiger partial charge in [-0.05, 0) is 62.8 Å². The molecule has 98 valence electrons. The largest absolute Gasteiger partial charge is 0.311 e. The zero-order chi connectivity index (χ0) is 12.4. The minimum absolute atomic E-state index is 0.753. The summed E-state index contributed by atoms with van der Waals surface area (Å²) >= 11 is 0. The molecule has 18 heavy (non-hydrogen) atoms. The monoisotopic (exact) mass is 243 g/mol. The summed E-state index contributed by atoms with van der Waals surface area (Å²) in [5.41, 5.74) is 1.55. The molecule has 0 spiro atoms. The van der Waals surface area contributed by atoms with Crippen molar-refractivity contribution in [2.75, 3.05) is 0 Å². The Morgan fingerprint density at radius 2 is 1.61 bits per heavy atom. The van der Waals surface area contributed by atoms with Crippen molar-refractivity contribution in [3.63, 3.8) is 0 Å². The molecule has 1 N–H and O–H groups in total. The highest BCUT2D eigenvalue weighted by Gasteiger charge is 2.30. The van der Waals surface area contributed by atoms with E-state index in [4.69, 9.17) is 0 Å². The molecule has 0 amide bonds. The first-order chi connectivity index (χ1) is 8.83. The Morgan fingerprint density at radius 1 is 0.944 bits per heavy atom. The Bertz CT molecular complexity index is 360. The average Bonchev–Trinajstić information content (AvgIpc) is 3.25. The zero-order valence-electron chi connectivity index (χ0n) is 11.4. The highest BCUT2D eigenvalue weighted by molar-refractivity contribution is 5.20. The van der Waals surface area contributed by atoms with E-state index in [9.17, 15) is 0 Å². The summed E-state index contributed by atoms with van der Waals surface area (Å²) in [5, 5.41) is 3.85. The Hall–Kier alpha value is -0.820. The molecule has 2 aliphatic rings. The van der Waals surface area contributed by atoms with Crippen LogP contribution in [0.25, 0.3) is 0 Å². The number of nitrogens with one attached hydrogen (secondary N) is 1. The summed E-state index contributed by atoms with van der Waals surface area (Å²) in [7, 11) is 0. The van der Waals surface area contributed by atoms with Gasteiger partial charge in [-0.25, -0.2) is 0 Å². The highest BCUT2D eigenvalue weighted by Crippen LogP contribution is 2.35.